The van der Waals surface area contributed by atoms with Crippen LogP contribution in [0.1, 0.15) is 12.0 Å². The minimum absolute atomic E-state index is 0.0200. The highest BCUT2D eigenvalue weighted by molar-refractivity contribution is 5.90. The van der Waals surface area contributed by atoms with Crippen molar-refractivity contribution in [1.82, 2.24) is 14.7 Å². The lowest BCUT2D eigenvalue weighted by Gasteiger charge is -2.26. The molecule has 2 aromatic rings. The number of ether oxygens (including phenoxy) is 1. The lowest BCUT2D eigenvalue weighted by molar-refractivity contribution is -0.116. The molecule has 6 heteroatoms. The predicted molar refractivity (Wildman–Crippen MR) is 92.9 cm³/mol. The second-order valence-corrected chi connectivity index (χ2v) is 5.98. The second kappa shape index (κ2) is 8.61. The summed E-state index contributed by atoms with van der Waals surface area (Å²) in [6.07, 6.45) is 4.82. The maximum Gasteiger partial charge on any atom is 0.224 e. The minimum atomic E-state index is 0.0200. The molecule has 1 amide bonds. The zero-order chi connectivity index (χ0) is 16.6. The first-order valence-electron chi connectivity index (χ1n) is 8.46. The third-order valence-electron chi connectivity index (χ3n) is 4.15. The van der Waals surface area contributed by atoms with E-state index in [2.05, 4.69) is 15.3 Å². The molecule has 1 aromatic carbocycles. The van der Waals surface area contributed by atoms with Crippen LogP contribution < -0.4 is 5.32 Å². The van der Waals surface area contributed by atoms with E-state index in [4.69, 9.17) is 4.74 Å². The summed E-state index contributed by atoms with van der Waals surface area (Å²) in [5.74, 6) is 0.0200. The van der Waals surface area contributed by atoms with Gasteiger partial charge in [-0.15, -0.1) is 0 Å². The molecule has 1 fully saturated rings. The normalized spacial score (nSPS) is 15.3. The van der Waals surface area contributed by atoms with Gasteiger partial charge in [-0.3, -0.25) is 14.4 Å². The Balaban J connectivity index is 1.40. The van der Waals surface area contributed by atoms with E-state index in [1.165, 1.54) is 5.56 Å². The van der Waals surface area contributed by atoms with E-state index in [1.54, 1.807) is 6.20 Å². The molecule has 0 unspecified atom stereocenters. The standard InChI is InChI=1S/C18H24N4O2/c23-18(7-6-16-4-2-1-3-5-16)20-17-14-19-22(15-17)9-8-21-10-12-24-13-11-21/h1-5,14-15H,6-13H2,(H,20,23). The van der Waals surface area contributed by atoms with Crippen LogP contribution in [-0.2, 0) is 22.5 Å². The summed E-state index contributed by atoms with van der Waals surface area (Å²) >= 11 is 0. The molecule has 128 valence electrons. The fourth-order valence-corrected chi connectivity index (χ4v) is 2.75. The molecule has 1 N–H and O–H groups in total. The number of aryl methyl sites for hydroxylation is 1. The zero-order valence-electron chi connectivity index (χ0n) is 13.9. The van der Waals surface area contributed by atoms with Crippen LogP contribution in [0.3, 0.4) is 0 Å². The number of morpholine rings is 1. The topological polar surface area (TPSA) is 59.4 Å². The molecule has 0 bridgehead atoms. The Bertz CT molecular complexity index is 635. The molecule has 24 heavy (non-hydrogen) atoms. The molecule has 1 saturated heterocycles. The van der Waals surface area contributed by atoms with Gasteiger partial charge in [-0.1, -0.05) is 30.3 Å². The molecule has 1 aliphatic rings. The average molecular weight is 328 g/mol. The first-order valence-corrected chi connectivity index (χ1v) is 8.46. The monoisotopic (exact) mass is 328 g/mol. The molecular formula is C18H24N4O2. The summed E-state index contributed by atoms with van der Waals surface area (Å²) < 4.78 is 7.22. The van der Waals surface area contributed by atoms with Gasteiger partial charge in [-0.2, -0.15) is 5.10 Å². The number of amides is 1. The highest BCUT2D eigenvalue weighted by atomic mass is 16.5. The molecule has 1 aromatic heterocycles. The van der Waals surface area contributed by atoms with Gasteiger partial charge in [0.2, 0.25) is 5.91 Å². The van der Waals surface area contributed by atoms with Crippen molar-refractivity contribution in [3.63, 3.8) is 0 Å². The summed E-state index contributed by atoms with van der Waals surface area (Å²) in [6.45, 7) is 5.34. The number of hydrogen-bond acceptors (Lipinski definition) is 4. The Morgan fingerprint density at radius 2 is 1.96 bits per heavy atom. The number of anilines is 1. The van der Waals surface area contributed by atoms with Gasteiger partial charge >= 0.3 is 0 Å². The van der Waals surface area contributed by atoms with Gasteiger partial charge in [0.05, 0.1) is 31.6 Å². The summed E-state index contributed by atoms with van der Waals surface area (Å²) in [5, 5.41) is 7.23. The van der Waals surface area contributed by atoms with Crippen molar-refractivity contribution in [2.24, 2.45) is 0 Å². The number of carbonyl (C=O) groups is 1. The molecule has 0 spiro atoms. The Hall–Kier alpha value is -2.18. The Morgan fingerprint density at radius 1 is 1.17 bits per heavy atom. The van der Waals surface area contributed by atoms with Gasteiger partial charge in [0.1, 0.15) is 0 Å². The third kappa shape index (κ3) is 5.18. The van der Waals surface area contributed by atoms with Crippen molar-refractivity contribution in [2.45, 2.75) is 19.4 Å². The Morgan fingerprint density at radius 3 is 2.75 bits per heavy atom. The number of benzene rings is 1. The van der Waals surface area contributed by atoms with Crippen LogP contribution in [0, 0.1) is 0 Å². The van der Waals surface area contributed by atoms with Crippen LogP contribution in [0.2, 0.25) is 0 Å². The maximum atomic E-state index is 12.0. The number of hydrogen-bond donors (Lipinski definition) is 1. The number of nitrogens with zero attached hydrogens (tertiary/aromatic N) is 3. The smallest absolute Gasteiger partial charge is 0.224 e. The first kappa shape index (κ1) is 16.7. The molecule has 1 aliphatic heterocycles. The molecular weight excluding hydrogens is 304 g/mol. The highest BCUT2D eigenvalue weighted by Gasteiger charge is 2.10. The van der Waals surface area contributed by atoms with Crippen LogP contribution in [0.4, 0.5) is 5.69 Å². The van der Waals surface area contributed by atoms with Gasteiger partial charge in [-0.25, -0.2) is 0 Å². The van der Waals surface area contributed by atoms with Crippen LogP contribution in [-0.4, -0.2) is 53.4 Å². The Labute approximate surface area is 142 Å². The minimum Gasteiger partial charge on any atom is -0.379 e. The molecule has 6 nitrogen and oxygen atoms in total. The lowest BCUT2D eigenvalue weighted by atomic mass is 10.1. The molecule has 0 aliphatic carbocycles. The van der Waals surface area contributed by atoms with Crippen LogP contribution in [0.5, 0.6) is 0 Å². The van der Waals surface area contributed by atoms with E-state index in [1.807, 2.05) is 41.2 Å². The van der Waals surface area contributed by atoms with Crippen molar-refractivity contribution < 1.29 is 9.53 Å². The summed E-state index contributed by atoms with van der Waals surface area (Å²) in [6, 6.07) is 10.0. The summed E-state index contributed by atoms with van der Waals surface area (Å²) in [4.78, 5) is 14.4. The number of rotatable bonds is 7. The summed E-state index contributed by atoms with van der Waals surface area (Å²) in [5.41, 5.74) is 1.93. The molecule has 3 rings (SSSR count). The first-order chi connectivity index (χ1) is 11.8. The molecule has 0 saturated carbocycles. The van der Waals surface area contributed by atoms with Gasteiger partial charge in [-0.05, 0) is 12.0 Å². The zero-order valence-corrected chi connectivity index (χ0v) is 13.9. The van der Waals surface area contributed by atoms with Gasteiger partial charge in [0, 0.05) is 32.3 Å². The van der Waals surface area contributed by atoms with Crippen LogP contribution in [0.15, 0.2) is 42.7 Å². The predicted octanol–water partition coefficient (Wildman–Crippen LogP) is 1.79. The third-order valence-corrected chi connectivity index (χ3v) is 4.15. The molecule has 0 radical (unpaired) electrons. The van der Waals surface area contributed by atoms with Crippen molar-refractivity contribution in [3.8, 4) is 0 Å². The molecule has 0 atom stereocenters. The number of nitrogens with one attached hydrogen (secondary N) is 1. The van der Waals surface area contributed by atoms with Crippen molar-refractivity contribution >= 4 is 11.6 Å². The Kier molecular flexibility index (Phi) is 5.98. The van der Waals surface area contributed by atoms with Crippen molar-refractivity contribution in [2.75, 3.05) is 38.2 Å². The quantitative estimate of drug-likeness (QED) is 0.842. The van der Waals surface area contributed by atoms with E-state index < -0.39 is 0 Å². The fraction of sp³-hybridized carbons (Fsp3) is 0.444. The van der Waals surface area contributed by atoms with E-state index in [-0.39, 0.29) is 5.91 Å². The fourth-order valence-electron chi connectivity index (χ4n) is 2.75. The number of aromatic nitrogens is 2. The van der Waals surface area contributed by atoms with Gasteiger partial charge in [0.15, 0.2) is 0 Å². The SMILES string of the molecule is O=C(CCc1ccccc1)Nc1cnn(CCN2CCOCC2)c1. The van der Waals surface area contributed by atoms with Crippen LogP contribution >= 0.6 is 0 Å². The van der Waals surface area contributed by atoms with Crippen molar-refractivity contribution in [1.29, 1.82) is 0 Å². The summed E-state index contributed by atoms with van der Waals surface area (Å²) in [7, 11) is 0. The average Bonchev–Trinajstić information content (AvgIpc) is 3.07. The maximum absolute atomic E-state index is 12.0. The van der Waals surface area contributed by atoms with Crippen molar-refractivity contribution in [3.05, 3.63) is 48.3 Å². The van der Waals surface area contributed by atoms with Gasteiger partial charge in [0.25, 0.3) is 0 Å². The van der Waals surface area contributed by atoms with E-state index in [0.717, 1.165) is 51.5 Å². The van der Waals surface area contributed by atoms with Crippen LogP contribution in [0.25, 0.3) is 0 Å². The lowest BCUT2D eigenvalue weighted by Crippen LogP contribution is -2.38. The van der Waals surface area contributed by atoms with E-state index >= 15 is 0 Å². The largest absolute Gasteiger partial charge is 0.379 e. The second-order valence-electron chi connectivity index (χ2n) is 5.98. The molecule has 2 heterocycles. The highest BCUT2D eigenvalue weighted by Crippen LogP contribution is 2.08. The van der Waals surface area contributed by atoms with E-state index in [9.17, 15) is 4.79 Å². The van der Waals surface area contributed by atoms with Gasteiger partial charge < -0.3 is 10.1 Å². The number of carbonyl (C=O) groups excluding carboxylic acids is 1. The van der Waals surface area contributed by atoms with E-state index in [0.29, 0.717) is 6.42 Å².